The van der Waals surface area contributed by atoms with E-state index in [-0.39, 0.29) is 17.5 Å². The molecule has 2 aromatic heterocycles. The minimum absolute atomic E-state index is 0.182. The Kier molecular flexibility index (Phi) is 3.74. The van der Waals surface area contributed by atoms with Crippen molar-refractivity contribution in [2.75, 3.05) is 26.3 Å². The van der Waals surface area contributed by atoms with Crippen molar-refractivity contribution in [1.29, 1.82) is 0 Å². The zero-order valence-electron chi connectivity index (χ0n) is 12.9. The van der Waals surface area contributed by atoms with Crippen molar-refractivity contribution in [3.63, 3.8) is 0 Å². The summed E-state index contributed by atoms with van der Waals surface area (Å²) in [5.74, 6) is 0.108. The van der Waals surface area contributed by atoms with Gasteiger partial charge in [-0.1, -0.05) is 6.07 Å². The van der Waals surface area contributed by atoms with Gasteiger partial charge in [0.05, 0.1) is 18.7 Å². The van der Waals surface area contributed by atoms with E-state index >= 15 is 0 Å². The molecule has 1 saturated heterocycles. The Hall–Kier alpha value is -2.73. The van der Waals surface area contributed by atoms with Crippen LogP contribution in [0.3, 0.4) is 0 Å². The zero-order chi connectivity index (χ0) is 16.5. The van der Waals surface area contributed by atoms with E-state index in [9.17, 15) is 9.18 Å². The van der Waals surface area contributed by atoms with Gasteiger partial charge in [-0.25, -0.2) is 4.39 Å². The molecule has 1 aliphatic heterocycles. The second kappa shape index (κ2) is 6.05. The maximum absolute atomic E-state index is 13.9. The van der Waals surface area contributed by atoms with Gasteiger partial charge in [-0.2, -0.15) is 0 Å². The second-order valence-corrected chi connectivity index (χ2v) is 5.60. The lowest BCUT2D eigenvalue weighted by Crippen LogP contribution is -2.40. The molecule has 0 radical (unpaired) electrons. The van der Waals surface area contributed by atoms with Crippen LogP contribution in [-0.2, 0) is 4.74 Å². The molecule has 0 bridgehead atoms. The molecule has 24 heavy (non-hydrogen) atoms. The monoisotopic (exact) mass is 326 g/mol. The van der Waals surface area contributed by atoms with Gasteiger partial charge in [0.2, 0.25) is 0 Å². The summed E-state index contributed by atoms with van der Waals surface area (Å²) in [5.41, 5.74) is 1.17. The Bertz CT molecular complexity index is 900. The molecule has 0 spiro atoms. The normalized spacial score (nSPS) is 15.0. The standard InChI is InChI=1S/C18H15FN2O3/c19-13-10-12-2-1-5-20-17(12)14(11-13)15-3-4-16(24-15)18(22)21-6-8-23-9-7-21/h1-5,10-11H,6-9H2. The summed E-state index contributed by atoms with van der Waals surface area (Å²) in [4.78, 5) is 18.5. The largest absolute Gasteiger partial charge is 0.451 e. The predicted molar refractivity (Wildman–Crippen MR) is 86.1 cm³/mol. The van der Waals surface area contributed by atoms with Gasteiger partial charge in [0.25, 0.3) is 5.91 Å². The van der Waals surface area contributed by atoms with E-state index in [2.05, 4.69) is 4.98 Å². The second-order valence-electron chi connectivity index (χ2n) is 5.60. The molecule has 3 heterocycles. The highest BCUT2D eigenvalue weighted by molar-refractivity contribution is 5.95. The SMILES string of the molecule is O=C(c1ccc(-c2cc(F)cc3cccnc23)o1)N1CCOCC1. The molecule has 1 aliphatic rings. The number of amides is 1. The molecule has 5 nitrogen and oxygen atoms in total. The number of hydrogen-bond acceptors (Lipinski definition) is 4. The first-order valence-electron chi connectivity index (χ1n) is 7.74. The lowest BCUT2D eigenvalue weighted by atomic mass is 10.1. The molecule has 3 aromatic rings. The molecule has 4 rings (SSSR count). The number of ether oxygens (including phenoxy) is 1. The average molecular weight is 326 g/mol. The summed E-state index contributed by atoms with van der Waals surface area (Å²) in [6.07, 6.45) is 1.65. The quantitative estimate of drug-likeness (QED) is 0.726. The van der Waals surface area contributed by atoms with Crippen LogP contribution >= 0.6 is 0 Å². The van der Waals surface area contributed by atoms with E-state index < -0.39 is 0 Å². The Balaban J connectivity index is 1.71. The molecular weight excluding hydrogens is 311 g/mol. The lowest BCUT2D eigenvalue weighted by molar-refractivity contribution is 0.0283. The van der Waals surface area contributed by atoms with Crippen molar-refractivity contribution >= 4 is 16.8 Å². The highest BCUT2D eigenvalue weighted by Gasteiger charge is 2.22. The average Bonchev–Trinajstić information content (AvgIpc) is 3.11. The smallest absolute Gasteiger partial charge is 0.289 e. The molecule has 0 aliphatic carbocycles. The summed E-state index contributed by atoms with van der Waals surface area (Å²) in [6.45, 7) is 2.13. The molecule has 0 N–H and O–H groups in total. The molecule has 1 aromatic carbocycles. The number of carbonyl (C=O) groups is 1. The number of rotatable bonds is 2. The number of hydrogen-bond donors (Lipinski definition) is 0. The van der Waals surface area contributed by atoms with Gasteiger partial charge in [-0.05, 0) is 30.3 Å². The Morgan fingerprint density at radius 1 is 1.17 bits per heavy atom. The number of carbonyl (C=O) groups excluding carboxylic acids is 1. The van der Waals surface area contributed by atoms with Gasteiger partial charge >= 0.3 is 0 Å². The summed E-state index contributed by atoms with van der Waals surface area (Å²) in [6, 6.07) is 9.63. The van der Waals surface area contributed by atoms with Gasteiger partial charge < -0.3 is 14.1 Å². The van der Waals surface area contributed by atoms with Gasteiger partial charge in [-0.15, -0.1) is 0 Å². The van der Waals surface area contributed by atoms with E-state index in [4.69, 9.17) is 9.15 Å². The maximum atomic E-state index is 13.9. The topological polar surface area (TPSA) is 55.6 Å². The number of pyridine rings is 1. The van der Waals surface area contributed by atoms with Gasteiger partial charge in [0, 0.05) is 30.2 Å². The third-order valence-electron chi connectivity index (χ3n) is 4.05. The molecule has 0 atom stereocenters. The fourth-order valence-corrected chi connectivity index (χ4v) is 2.86. The van der Waals surface area contributed by atoms with Crippen LogP contribution in [0.2, 0.25) is 0 Å². The number of benzene rings is 1. The summed E-state index contributed by atoms with van der Waals surface area (Å²) >= 11 is 0. The van der Waals surface area contributed by atoms with Gasteiger partial charge in [0.15, 0.2) is 5.76 Å². The van der Waals surface area contributed by atoms with Crippen LogP contribution in [0.5, 0.6) is 0 Å². The van der Waals surface area contributed by atoms with Crippen LogP contribution in [0.25, 0.3) is 22.2 Å². The van der Waals surface area contributed by atoms with Gasteiger partial charge in [0.1, 0.15) is 11.6 Å². The van der Waals surface area contributed by atoms with Crippen molar-refractivity contribution in [3.8, 4) is 11.3 Å². The molecule has 6 heteroatoms. The molecule has 0 saturated carbocycles. The summed E-state index contributed by atoms with van der Waals surface area (Å²) in [7, 11) is 0. The number of fused-ring (bicyclic) bond motifs is 1. The van der Waals surface area contributed by atoms with E-state index in [1.165, 1.54) is 12.1 Å². The number of furan rings is 1. The predicted octanol–water partition coefficient (Wildman–Crippen LogP) is 3.11. The first kappa shape index (κ1) is 14.8. The molecule has 122 valence electrons. The van der Waals surface area contributed by atoms with Crippen LogP contribution in [0.1, 0.15) is 10.6 Å². The number of nitrogens with zero attached hydrogens (tertiary/aromatic N) is 2. The summed E-state index contributed by atoms with van der Waals surface area (Å²) in [5, 5.41) is 0.685. The van der Waals surface area contributed by atoms with E-state index in [1.807, 2.05) is 0 Å². The van der Waals surface area contributed by atoms with E-state index in [0.717, 1.165) is 0 Å². The van der Waals surface area contributed by atoms with Gasteiger partial charge in [-0.3, -0.25) is 9.78 Å². The molecule has 1 amide bonds. The molecular formula is C18H15FN2O3. The number of morpholine rings is 1. The summed E-state index contributed by atoms with van der Waals surface area (Å²) < 4.78 is 24.8. The first-order chi connectivity index (χ1) is 11.7. The van der Waals surface area contributed by atoms with Crippen molar-refractivity contribution < 1.29 is 18.3 Å². The van der Waals surface area contributed by atoms with Crippen molar-refractivity contribution in [3.05, 3.63) is 54.2 Å². The van der Waals surface area contributed by atoms with E-state index in [0.29, 0.717) is 48.5 Å². The highest BCUT2D eigenvalue weighted by atomic mass is 19.1. The van der Waals surface area contributed by atoms with Crippen molar-refractivity contribution in [2.24, 2.45) is 0 Å². The minimum atomic E-state index is -0.372. The number of aromatic nitrogens is 1. The van der Waals surface area contributed by atoms with Crippen LogP contribution in [-0.4, -0.2) is 42.1 Å². The molecule has 0 unspecified atom stereocenters. The fourth-order valence-electron chi connectivity index (χ4n) is 2.86. The Morgan fingerprint density at radius 2 is 2.00 bits per heavy atom. The van der Waals surface area contributed by atoms with Crippen LogP contribution < -0.4 is 0 Å². The lowest BCUT2D eigenvalue weighted by Gasteiger charge is -2.25. The van der Waals surface area contributed by atoms with E-state index in [1.54, 1.807) is 35.4 Å². The number of halogens is 1. The van der Waals surface area contributed by atoms with Crippen LogP contribution in [0.15, 0.2) is 47.0 Å². The molecule has 1 fully saturated rings. The highest BCUT2D eigenvalue weighted by Crippen LogP contribution is 2.30. The third kappa shape index (κ3) is 2.65. The third-order valence-corrected chi connectivity index (χ3v) is 4.05. The Morgan fingerprint density at radius 3 is 2.83 bits per heavy atom. The van der Waals surface area contributed by atoms with Crippen LogP contribution in [0.4, 0.5) is 4.39 Å². The fraction of sp³-hybridized carbons (Fsp3) is 0.222. The minimum Gasteiger partial charge on any atom is -0.451 e. The van der Waals surface area contributed by atoms with Crippen molar-refractivity contribution in [1.82, 2.24) is 9.88 Å². The zero-order valence-corrected chi connectivity index (χ0v) is 12.9. The van der Waals surface area contributed by atoms with Crippen molar-refractivity contribution in [2.45, 2.75) is 0 Å². The first-order valence-corrected chi connectivity index (χ1v) is 7.74. The van der Waals surface area contributed by atoms with Crippen LogP contribution in [0, 0.1) is 5.82 Å². The Labute approximate surface area is 137 Å². The maximum Gasteiger partial charge on any atom is 0.289 e.